The first-order valence-electron chi connectivity index (χ1n) is 6.10. The zero-order valence-electron chi connectivity index (χ0n) is 11.5. The van der Waals surface area contributed by atoms with Crippen molar-refractivity contribution in [1.82, 2.24) is 4.98 Å². The van der Waals surface area contributed by atoms with Crippen LogP contribution in [0.4, 0.5) is 11.5 Å². The summed E-state index contributed by atoms with van der Waals surface area (Å²) in [4.78, 5) is 27.0. The van der Waals surface area contributed by atoms with Gasteiger partial charge in [0.25, 0.3) is 5.91 Å². The second kappa shape index (κ2) is 7.96. The summed E-state index contributed by atoms with van der Waals surface area (Å²) in [7, 11) is 0. The minimum atomic E-state index is -0.518. The molecule has 0 saturated carbocycles. The fraction of sp³-hybridized carbons (Fsp3) is 0.0714. The molecule has 2 rings (SSSR count). The van der Waals surface area contributed by atoms with Gasteiger partial charge in [0.15, 0.2) is 0 Å². The maximum absolute atomic E-state index is 12.1. The largest absolute Gasteiger partial charge is 0.412 e. The monoisotopic (exact) mass is 322 g/mol. The Morgan fingerprint density at radius 1 is 1.18 bits per heavy atom. The van der Waals surface area contributed by atoms with Gasteiger partial charge in [0.05, 0.1) is 12.2 Å². The van der Waals surface area contributed by atoms with Crippen LogP contribution in [0.2, 0.25) is 5.02 Å². The molecular formula is C14H15ClN4O3. The molecule has 0 aliphatic carbocycles. The van der Waals surface area contributed by atoms with Crippen LogP contribution in [0.1, 0.15) is 10.4 Å². The van der Waals surface area contributed by atoms with E-state index in [1.54, 1.807) is 42.6 Å². The molecule has 2 aromatic rings. The lowest BCUT2D eigenvalue weighted by molar-refractivity contribution is -0.116. The van der Waals surface area contributed by atoms with E-state index in [1.165, 1.54) is 0 Å². The molecule has 0 saturated heterocycles. The number of nitrogens with one attached hydrogen (secondary N) is 2. The van der Waals surface area contributed by atoms with Crippen molar-refractivity contribution in [3.8, 4) is 0 Å². The first kappa shape index (κ1) is 17.4. The summed E-state index contributed by atoms with van der Waals surface area (Å²) in [6.45, 7) is -0.0686. The average molecular weight is 323 g/mol. The van der Waals surface area contributed by atoms with Gasteiger partial charge in [-0.2, -0.15) is 0 Å². The molecule has 22 heavy (non-hydrogen) atoms. The summed E-state index contributed by atoms with van der Waals surface area (Å²) in [6, 6.07) is 9.84. The molecule has 7 nitrogen and oxygen atoms in total. The van der Waals surface area contributed by atoms with Crippen LogP contribution in [0.25, 0.3) is 0 Å². The van der Waals surface area contributed by atoms with Gasteiger partial charge >= 0.3 is 0 Å². The average Bonchev–Trinajstić information content (AvgIpc) is 2.47. The lowest BCUT2D eigenvalue weighted by Gasteiger charge is -2.11. The molecule has 0 aliphatic rings. The normalized spacial score (nSPS) is 9.50. The lowest BCUT2D eigenvalue weighted by atomic mass is 10.2. The number of anilines is 2. The molecule has 0 atom stereocenters. The molecule has 0 fully saturated rings. The minimum absolute atomic E-state index is 0. The number of carbonyl (C=O) groups is 2. The molecule has 2 amide bonds. The topological polar surface area (TPSA) is 129 Å². The zero-order valence-corrected chi connectivity index (χ0v) is 12.2. The van der Waals surface area contributed by atoms with Crippen molar-refractivity contribution in [2.75, 3.05) is 17.2 Å². The number of primary amides is 1. The molecule has 0 spiro atoms. The number of nitrogens with zero attached hydrogens (tertiary/aromatic N) is 1. The van der Waals surface area contributed by atoms with Gasteiger partial charge in [0.2, 0.25) is 5.91 Å². The van der Waals surface area contributed by atoms with Crippen LogP contribution in [-0.2, 0) is 4.79 Å². The number of amides is 2. The molecule has 0 bridgehead atoms. The van der Waals surface area contributed by atoms with Gasteiger partial charge in [-0.25, -0.2) is 4.98 Å². The third kappa shape index (κ3) is 4.72. The molecule has 0 radical (unpaired) electrons. The van der Waals surface area contributed by atoms with E-state index >= 15 is 0 Å². The number of hydrogen-bond donors (Lipinski definition) is 3. The Bertz CT molecular complexity index is 661. The highest BCUT2D eigenvalue weighted by molar-refractivity contribution is 6.30. The molecule has 8 heteroatoms. The van der Waals surface area contributed by atoms with Crippen LogP contribution in [0.5, 0.6) is 0 Å². The molecule has 1 aromatic carbocycles. The van der Waals surface area contributed by atoms with Gasteiger partial charge < -0.3 is 21.8 Å². The Morgan fingerprint density at radius 2 is 1.86 bits per heavy atom. The highest BCUT2D eigenvalue weighted by Crippen LogP contribution is 2.19. The first-order chi connectivity index (χ1) is 10.1. The quantitative estimate of drug-likeness (QED) is 0.760. The second-order valence-electron chi connectivity index (χ2n) is 4.18. The Balaban J connectivity index is 0.00000242. The smallest absolute Gasteiger partial charge is 0.255 e. The summed E-state index contributed by atoms with van der Waals surface area (Å²) in [5.74, 6) is -0.448. The first-order valence-corrected chi connectivity index (χ1v) is 6.48. The van der Waals surface area contributed by atoms with E-state index in [0.717, 1.165) is 0 Å². The number of benzene rings is 1. The molecule has 1 heterocycles. The van der Waals surface area contributed by atoms with Crippen LogP contribution >= 0.6 is 11.6 Å². The molecule has 0 aliphatic heterocycles. The van der Waals surface area contributed by atoms with Gasteiger partial charge in [-0.15, -0.1) is 0 Å². The zero-order chi connectivity index (χ0) is 15.2. The van der Waals surface area contributed by atoms with Crippen LogP contribution in [0, 0.1) is 0 Å². The Hall–Kier alpha value is -2.64. The predicted molar refractivity (Wildman–Crippen MR) is 84.9 cm³/mol. The van der Waals surface area contributed by atoms with E-state index in [4.69, 9.17) is 17.3 Å². The van der Waals surface area contributed by atoms with E-state index in [0.29, 0.717) is 22.1 Å². The van der Waals surface area contributed by atoms with Crippen molar-refractivity contribution in [3.63, 3.8) is 0 Å². The van der Waals surface area contributed by atoms with Crippen LogP contribution in [0.3, 0.4) is 0 Å². The minimum Gasteiger partial charge on any atom is -0.412 e. The van der Waals surface area contributed by atoms with Gasteiger partial charge in [0.1, 0.15) is 5.82 Å². The van der Waals surface area contributed by atoms with E-state index < -0.39 is 5.91 Å². The number of rotatable bonds is 5. The Morgan fingerprint density at radius 3 is 2.50 bits per heavy atom. The van der Waals surface area contributed by atoms with Crippen molar-refractivity contribution < 1.29 is 15.1 Å². The van der Waals surface area contributed by atoms with Gasteiger partial charge in [-0.05, 0) is 36.4 Å². The maximum atomic E-state index is 12.1. The fourth-order valence-corrected chi connectivity index (χ4v) is 1.74. The SMILES string of the molecule is NC(=O)CNc1ncccc1NC(=O)c1ccc(Cl)cc1.O. The third-order valence-electron chi connectivity index (χ3n) is 2.59. The summed E-state index contributed by atoms with van der Waals surface area (Å²) in [5.41, 5.74) is 5.99. The summed E-state index contributed by atoms with van der Waals surface area (Å²) in [6.07, 6.45) is 1.54. The number of pyridine rings is 1. The van der Waals surface area contributed by atoms with Gasteiger partial charge in [-0.1, -0.05) is 11.6 Å². The van der Waals surface area contributed by atoms with E-state index in [1.807, 2.05) is 0 Å². The van der Waals surface area contributed by atoms with Gasteiger partial charge in [-0.3, -0.25) is 9.59 Å². The Kier molecular flexibility index (Phi) is 6.30. The van der Waals surface area contributed by atoms with Crippen molar-refractivity contribution in [2.24, 2.45) is 5.73 Å². The number of halogens is 1. The summed E-state index contributed by atoms with van der Waals surface area (Å²) in [5, 5.41) is 6.02. The van der Waals surface area contributed by atoms with E-state index in [2.05, 4.69) is 15.6 Å². The number of hydrogen-bond acceptors (Lipinski definition) is 4. The summed E-state index contributed by atoms with van der Waals surface area (Å²) < 4.78 is 0. The molecule has 6 N–H and O–H groups in total. The molecule has 0 unspecified atom stereocenters. The molecule has 116 valence electrons. The number of aromatic nitrogens is 1. The highest BCUT2D eigenvalue weighted by Gasteiger charge is 2.10. The molecule has 1 aromatic heterocycles. The summed E-state index contributed by atoms with van der Waals surface area (Å²) >= 11 is 5.78. The van der Waals surface area contributed by atoms with Crippen LogP contribution in [0.15, 0.2) is 42.6 Å². The van der Waals surface area contributed by atoms with Crippen molar-refractivity contribution >= 4 is 34.9 Å². The van der Waals surface area contributed by atoms with E-state index in [9.17, 15) is 9.59 Å². The third-order valence-corrected chi connectivity index (χ3v) is 2.84. The van der Waals surface area contributed by atoms with Crippen LogP contribution in [-0.4, -0.2) is 28.8 Å². The highest BCUT2D eigenvalue weighted by atomic mass is 35.5. The maximum Gasteiger partial charge on any atom is 0.255 e. The predicted octanol–water partition coefficient (Wildman–Crippen LogP) is 1.06. The van der Waals surface area contributed by atoms with Gasteiger partial charge in [0, 0.05) is 16.8 Å². The van der Waals surface area contributed by atoms with Crippen LogP contribution < -0.4 is 16.4 Å². The fourth-order valence-electron chi connectivity index (χ4n) is 1.61. The van der Waals surface area contributed by atoms with Crippen molar-refractivity contribution in [2.45, 2.75) is 0 Å². The van der Waals surface area contributed by atoms with Crippen molar-refractivity contribution in [3.05, 3.63) is 53.2 Å². The van der Waals surface area contributed by atoms with E-state index in [-0.39, 0.29) is 17.9 Å². The Labute approximate surface area is 131 Å². The second-order valence-corrected chi connectivity index (χ2v) is 4.62. The standard InChI is InChI=1S/C14H13ClN4O2.H2O/c15-10-5-3-9(4-6-10)14(21)19-11-2-1-7-17-13(11)18-8-12(16)20;/h1-7H,8H2,(H2,16,20)(H,17,18)(H,19,21);1H2. The lowest BCUT2D eigenvalue weighted by Crippen LogP contribution is -2.23. The van der Waals surface area contributed by atoms with Crippen molar-refractivity contribution in [1.29, 1.82) is 0 Å². The number of carbonyl (C=O) groups excluding carboxylic acids is 2. The molecular weight excluding hydrogens is 308 g/mol. The number of nitrogens with two attached hydrogens (primary N) is 1.